The topological polar surface area (TPSA) is 69.7 Å². The molecule has 0 aromatic heterocycles. The fraction of sp³-hybridized carbons (Fsp3) is 0.889. The summed E-state index contributed by atoms with van der Waals surface area (Å²) in [5, 5.41) is -1.22. The number of rotatable bonds is 3. The van der Waals surface area contributed by atoms with Gasteiger partial charge in [-0.1, -0.05) is 0 Å². The smallest absolute Gasteiger partial charge is 0.449 e. The summed E-state index contributed by atoms with van der Waals surface area (Å²) < 4.78 is 32.1. The molecule has 2 aliphatic rings. The van der Waals surface area contributed by atoms with Gasteiger partial charge in [0.1, 0.15) is 6.10 Å². The highest BCUT2D eigenvalue weighted by Crippen LogP contribution is 2.26. The summed E-state index contributed by atoms with van der Waals surface area (Å²) in [4.78, 5) is 11.2. The van der Waals surface area contributed by atoms with Crippen LogP contribution in [0.25, 0.3) is 0 Å². The normalized spacial score (nSPS) is 22.9. The van der Waals surface area contributed by atoms with Gasteiger partial charge in [-0.3, -0.25) is 4.18 Å². The lowest BCUT2D eigenvalue weighted by Gasteiger charge is -2.27. The van der Waals surface area contributed by atoms with Crippen LogP contribution in [0.2, 0.25) is 0 Å². The summed E-state index contributed by atoms with van der Waals surface area (Å²) in [6.07, 6.45) is 4.32. The van der Waals surface area contributed by atoms with Gasteiger partial charge in [-0.05, 0) is 38.5 Å². The van der Waals surface area contributed by atoms with Crippen molar-refractivity contribution in [2.24, 2.45) is 0 Å². The molecule has 0 saturated heterocycles. The van der Waals surface area contributed by atoms with Crippen molar-refractivity contribution in [1.29, 1.82) is 0 Å². The first kappa shape index (κ1) is 10.9. The molecule has 0 amide bonds. The Bertz CT molecular complexity index is 340. The zero-order chi connectivity index (χ0) is 10.9. The van der Waals surface area contributed by atoms with Crippen molar-refractivity contribution >= 4 is 15.4 Å². The van der Waals surface area contributed by atoms with Crippen LogP contribution in [-0.4, -0.2) is 25.9 Å². The minimum Gasteiger partial charge on any atom is -0.449 e. The molecule has 6 heteroatoms. The van der Waals surface area contributed by atoms with E-state index in [1.807, 2.05) is 0 Å². The molecule has 2 saturated carbocycles. The molecule has 0 aromatic rings. The number of ether oxygens (including phenoxy) is 1. The largest absolute Gasteiger partial charge is 0.452 e. The molecule has 0 N–H and O–H groups in total. The van der Waals surface area contributed by atoms with E-state index < -0.39 is 15.4 Å². The second-order valence-corrected chi connectivity index (χ2v) is 5.46. The van der Waals surface area contributed by atoms with Crippen molar-refractivity contribution in [3.8, 4) is 0 Å². The molecule has 0 aromatic carbocycles. The molecular formula is C9H14O5S. The molecular weight excluding hydrogens is 220 g/mol. The van der Waals surface area contributed by atoms with Crippen LogP contribution < -0.4 is 0 Å². The number of carbonyl (C=O) groups is 1. The van der Waals surface area contributed by atoms with Gasteiger partial charge in [0.2, 0.25) is 0 Å². The first-order valence-corrected chi connectivity index (χ1v) is 6.63. The molecule has 2 aliphatic carbocycles. The highest BCUT2D eigenvalue weighted by molar-refractivity contribution is 8.01. The van der Waals surface area contributed by atoms with Crippen molar-refractivity contribution < 1.29 is 22.1 Å². The van der Waals surface area contributed by atoms with Gasteiger partial charge >= 0.3 is 15.4 Å². The predicted molar refractivity (Wildman–Crippen MR) is 51.8 cm³/mol. The van der Waals surface area contributed by atoms with E-state index in [1.165, 1.54) is 0 Å². The Morgan fingerprint density at radius 2 is 1.53 bits per heavy atom. The molecule has 2 rings (SSSR count). The highest BCUT2D eigenvalue weighted by atomic mass is 32.2. The minimum atomic E-state index is -4.15. The lowest BCUT2D eigenvalue weighted by atomic mass is 9.96. The van der Waals surface area contributed by atoms with E-state index in [0.717, 1.165) is 25.7 Å². The van der Waals surface area contributed by atoms with E-state index in [9.17, 15) is 13.2 Å². The summed E-state index contributed by atoms with van der Waals surface area (Å²) in [7, 11) is -4.15. The Kier molecular flexibility index (Phi) is 2.97. The predicted octanol–water partition coefficient (Wildman–Crippen LogP) is 1.57. The quantitative estimate of drug-likeness (QED) is 0.547. The van der Waals surface area contributed by atoms with Gasteiger partial charge in [0, 0.05) is 0 Å². The molecule has 0 bridgehead atoms. The van der Waals surface area contributed by atoms with E-state index >= 15 is 0 Å². The van der Waals surface area contributed by atoms with E-state index in [-0.39, 0.29) is 12.2 Å². The second-order valence-electron chi connectivity index (χ2n) is 4.02. The summed E-state index contributed by atoms with van der Waals surface area (Å²) in [5.41, 5.74) is 0. The third-order valence-electron chi connectivity index (χ3n) is 2.83. The average molecular weight is 234 g/mol. The molecule has 0 unspecified atom stereocenters. The summed E-state index contributed by atoms with van der Waals surface area (Å²) >= 11 is 0. The summed E-state index contributed by atoms with van der Waals surface area (Å²) in [6.45, 7) is 0. The number of carbonyl (C=O) groups excluding carboxylic acids is 1. The van der Waals surface area contributed by atoms with Crippen LogP contribution in [0.3, 0.4) is 0 Å². The van der Waals surface area contributed by atoms with Crippen LogP contribution in [0.4, 0.5) is 4.79 Å². The van der Waals surface area contributed by atoms with Crippen molar-refractivity contribution in [3.63, 3.8) is 0 Å². The van der Waals surface area contributed by atoms with Crippen LogP contribution >= 0.6 is 0 Å². The fourth-order valence-electron chi connectivity index (χ4n) is 1.37. The van der Waals surface area contributed by atoms with E-state index in [4.69, 9.17) is 8.92 Å². The molecule has 0 heterocycles. The zero-order valence-corrected chi connectivity index (χ0v) is 9.16. The Morgan fingerprint density at radius 3 is 1.93 bits per heavy atom. The summed E-state index contributed by atoms with van der Waals surface area (Å²) in [6, 6.07) is 0. The molecule has 0 aliphatic heterocycles. The van der Waals surface area contributed by atoms with Crippen molar-refractivity contribution in [1.82, 2.24) is 0 Å². The maximum Gasteiger partial charge on any atom is 0.452 e. The monoisotopic (exact) mass is 234 g/mol. The molecule has 2 fully saturated rings. The van der Waals surface area contributed by atoms with Gasteiger partial charge in [0.25, 0.3) is 0 Å². The molecule has 86 valence electrons. The van der Waals surface area contributed by atoms with Gasteiger partial charge < -0.3 is 4.74 Å². The molecule has 5 nitrogen and oxygen atoms in total. The van der Waals surface area contributed by atoms with Crippen LogP contribution in [0, 0.1) is 0 Å². The van der Waals surface area contributed by atoms with Gasteiger partial charge in [0.15, 0.2) is 0 Å². The standard InChI is InChI=1S/C9H14O5S/c10-9(13-7-3-1-4-7)15(11,12)14-8-5-2-6-8/h7-8H,1-6H2. The third kappa shape index (κ3) is 2.49. The van der Waals surface area contributed by atoms with Gasteiger partial charge in [-0.25, -0.2) is 4.79 Å². The van der Waals surface area contributed by atoms with E-state index in [2.05, 4.69) is 0 Å². The minimum absolute atomic E-state index is 0.225. The molecule has 0 spiro atoms. The second kappa shape index (κ2) is 4.09. The Balaban J connectivity index is 1.85. The Labute approximate surface area is 88.9 Å². The fourth-order valence-corrected chi connectivity index (χ4v) is 2.25. The van der Waals surface area contributed by atoms with Crippen molar-refractivity contribution in [3.05, 3.63) is 0 Å². The van der Waals surface area contributed by atoms with Gasteiger partial charge in [0.05, 0.1) is 6.10 Å². The average Bonchev–Trinajstić information content (AvgIpc) is 2.04. The summed E-state index contributed by atoms with van der Waals surface area (Å²) in [5.74, 6) is 0. The lowest BCUT2D eigenvalue weighted by molar-refractivity contribution is 0.0630. The maximum absolute atomic E-state index is 11.3. The molecule has 15 heavy (non-hydrogen) atoms. The van der Waals surface area contributed by atoms with Crippen LogP contribution in [0.15, 0.2) is 0 Å². The first-order chi connectivity index (χ1) is 7.08. The highest BCUT2D eigenvalue weighted by Gasteiger charge is 2.34. The van der Waals surface area contributed by atoms with Gasteiger partial charge in [-0.15, -0.1) is 0 Å². The first-order valence-electron chi connectivity index (χ1n) is 5.22. The van der Waals surface area contributed by atoms with Crippen molar-refractivity contribution in [2.75, 3.05) is 0 Å². The van der Waals surface area contributed by atoms with Crippen LogP contribution in [0.5, 0.6) is 0 Å². The Hall–Kier alpha value is -0.620. The zero-order valence-electron chi connectivity index (χ0n) is 8.35. The van der Waals surface area contributed by atoms with Crippen LogP contribution in [-0.2, 0) is 19.0 Å². The molecule has 0 radical (unpaired) electrons. The SMILES string of the molecule is O=C(OC1CCC1)S(=O)(=O)OC1CCC1. The maximum atomic E-state index is 11.3. The third-order valence-corrected chi connectivity index (χ3v) is 3.86. The lowest BCUT2D eigenvalue weighted by Crippen LogP contribution is -2.33. The van der Waals surface area contributed by atoms with Crippen LogP contribution in [0.1, 0.15) is 38.5 Å². The van der Waals surface area contributed by atoms with E-state index in [1.54, 1.807) is 0 Å². The molecule has 0 atom stereocenters. The Morgan fingerprint density at radius 1 is 1.00 bits per heavy atom. The number of hydrogen-bond donors (Lipinski definition) is 0. The number of hydrogen-bond acceptors (Lipinski definition) is 5. The van der Waals surface area contributed by atoms with Crippen molar-refractivity contribution in [2.45, 2.75) is 50.7 Å². The van der Waals surface area contributed by atoms with Gasteiger partial charge in [-0.2, -0.15) is 8.42 Å². The van der Waals surface area contributed by atoms with E-state index in [0.29, 0.717) is 12.8 Å².